The van der Waals surface area contributed by atoms with E-state index in [4.69, 9.17) is 5.73 Å². The van der Waals surface area contributed by atoms with Gasteiger partial charge in [-0.15, -0.1) is 0 Å². The van der Waals surface area contributed by atoms with Crippen LogP contribution < -0.4 is 5.73 Å². The fraction of sp³-hybridized carbons (Fsp3) is 0.182. The van der Waals surface area contributed by atoms with E-state index in [0.29, 0.717) is 11.1 Å². The Morgan fingerprint density at radius 3 is 2.76 bits per heavy atom. The number of amides is 1. The monoisotopic (exact) mass is 236 g/mol. The van der Waals surface area contributed by atoms with Crippen molar-refractivity contribution in [3.8, 4) is 11.8 Å². The second kappa shape index (κ2) is 5.07. The zero-order chi connectivity index (χ0) is 13.0. The van der Waals surface area contributed by atoms with Crippen LogP contribution in [0, 0.1) is 34.7 Å². The van der Waals surface area contributed by atoms with Gasteiger partial charge in [-0.25, -0.2) is 0 Å². The normalized spacial score (nSPS) is 9.29. The van der Waals surface area contributed by atoms with Crippen LogP contribution in [0.15, 0.2) is 12.1 Å². The molecule has 2 N–H and O–H groups in total. The fourth-order valence-electron chi connectivity index (χ4n) is 1.17. The number of nitro groups is 1. The summed E-state index contributed by atoms with van der Waals surface area (Å²) in [5, 5.41) is 10.5. The van der Waals surface area contributed by atoms with E-state index >= 15 is 0 Å². The Hall–Kier alpha value is -2.42. The molecule has 0 aliphatic heterocycles. The first-order valence-electron chi connectivity index (χ1n) is 4.63. The largest absolute Gasteiger partial charge is 0.369 e. The lowest BCUT2D eigenvalue weighted by atomic mass is 10.1. The molecule has 0 saturated heterocycles. The maximum Gasteiger partial charge on any atom is 0.305 e. The summed E-state index contributed by atoms with van der Waals surface area (Å²) in [4.78, 5) is 20.1. The second-order valence-electron chi connectivity index (χ2n) is 3.32. The molecule has 0 atom stereocenters. The van der Waals surface area contributed by atoms with Gasteiger partial charge in [0.25, 0.3) is 0 Å². The molecule has 0 spiro atoms. The molecule has 1 amide bonds. The van der Waals surface area contributed by atoms with Crippen LogP contribution in [0.2, 0.25) is 0 Å². The molecule has 6 heteroatoms. The predicted molar refractivity (Wildman–Crippen MR) is 58.5 cm³/mol. The maximum absolute atomic E-state index is 13.3. The van der Waals surface area contributed by atoms with Gasteiger partial charge in [0.15, 0.2) is 0 Å². The predicted octanol–water partition coefficient (Wildman–Crippen LogP) is 1.27. The maximum atomic E-state index is 13.3. The Morgan fingerprint density at radius 2 is 2.24 bits per heavy atom. The summed E-state index contributed by atoms with van der Waals surface area (Å²) >= 11 is 0. The van der Waals surface area contributed by atoms with Gasteiger partial charge in [0.2, 0.25) is 11.7 Å². The molecule has 5 nitrogen and oxygen atoms in total. The Morgan fingerprint density at radius 1 is 1.59 bits per heavy atom. The van der Waals surface area contributed by atoms with Crippen LogP contribution in [0.5, 0.6) is 0 Å². The summed E-state index contributed by atoms with van der Waals surface area (Å²) in [5.74, 6) is 3.45. The highest BCUT2D eigenvalue weighted by Crippen LogP contribution is 2.21. The summed E-state index contributed by atoms with van der Waals surface area (Å²) in [5.41, 5.74) is 5.06. The number of primary amides is 1. The zero-order valence-corrected chi connectivity index (χ0v) is 8.99. The number of benzene rings is 1. The highest BCUT2D eigenvalue weighted by atomic mass is 19.1. The first kappa shape index (κ1) is 12.6. The quantitative estimate of drug-likeness (QED) is 0.476. The molecule has 0 aliphatic carbocycles. The van der Waals surface area contributed by atoms with Gasteiger partial charge in [0.1, 0.15) is 0 Å². The van der Waals surface area contributed by atoms with Crippen LogP contribution in [-0.4, -0.2) is 10.8 Å². The molecule has 1 aromatic carbocycles. The third-order valence-corrected chi connectivity index (χ3v) is 1.98. The Balaban J connectivity index is 3.10. The van der Waals surface area contributed by atoms with E-state index in [1.165, 1.54) is 0 Å². The summed E-state index contributed by atoms with van der Waals surface area (Å²) in [6, 6.07) is 2.07. The number of nitrogens with two attached hydrogens (primary N) is 1. The third-order valence-electron chi connectivity index (χ3n) is 1.98. The van der Waals surface area contributed by atoms with Crippen molar-refractivity contribution in [1.29, 1.82) is 0 Å². The summed E-state index contributed by atoms with van der Waals surface area (Å²) in [6.45, 7) is 1.57. The fourth-order valence-corrected chi connectivity index (χ4v) is 1.17. The molecular formula is C11H9FN2O3. The van der Waals surface area contributed by atoms with E-state index in [1.807, 2.05) is 0 Å². The molecule has 17 heavy (non-hydrogen) atoms. The number of hydrogen-bond acceptors (Lipinski definition) is 3. The average Bonchev–Trinajstić information content (AvgIpc) is 2.21. The smallest absolute Gasteiger partial charge is 0.305 e. The van der Waals surface area contributed by atoms with Crippen molar-refractivity contribution < 1.29 is 14.1 Å². The van der Waals surface area contributed by atoms with Crippen molar-refractivity contribution in [2.75, 3.05) is 0 Å². The number of rotatable bonds is 2. The van der Waals surface area contributed by atoms with Crippen LogP contribution in [0.3, 0.4) is 0 Å². The van der Waals surface area contributed by atoms with Crippen LogP contribution in [0.1, 0.15) is 17.5 Å². The van der Waals surface area contributed by atoms with Crippen LogP contribution in [0.4, 0.5) is 10.1 Å². The van der Waals surface area contributed by atoms with E-state index in [0.717, 1.165) is 12.1 Å². The van der Waals surface area contributed by atoms with Crippen LogP contribution in [-0.2, 0) is 4.79 Å². The number of carbonyl (C=O) groups is 1. The number of aryl methyl sites for hydroxylation is 1. The van der Waals surface area contributed by atoms with Gasteiger partial charge < -0.3 is 5.73 Å². The molecule has 0 radical (unpaired) electrons. The molecular weight excluding hydrogens is 227 g/mol. The molecule has 0 unspecified atom stereocenters. The highest BCUT2D eigenvalue weighted by molar-refractivity contribution is 5.76. The summed E-state index contributed by atoms with van der Waals surface area (Å²) < 4.78 is 13.3. The van der Waals surface area contributed by atoms with Crippen molar-refractivity contribution in [2.24, 2.45) is 5.73 Å². The number of halogens is 1. The van der Waals surface area contributed by atoms with Gasteiger partial charge >= 0.3 is 5.69 Å². The molecule has 1 rings (SSSR count). The number of hydrogen-bond donors (Lipinski definition) is 1. The van der Waals surface area contributed by atoms with Crippen molar-refractivity contribution in [3.05, 3.63) is 39.2 Å². The minimum Gasteiger partial charge on any atom is -0.369 e. The van der Waals surface area contributed by atoms with Gasteiger partial charge in [-0.05, 0) is 18.6 Å². The van der Waals surface area contributed by atoms with Gasteiger partial charge in [-0.2, -0.15) is 4.39 Å². The molecule has 0 bridgehead atoms. The van der Waals surface area contributed by atoms with Crippen LogP contribution >= 0.6 is 0 Å². The van der Waals surface area contributed by atoms with E-state index in [1.54, 1.807) is 6.92 Å². The SMILES string of the molecule is Cc1cc([N+](=O)[O-])c(F)cc1C#CCC(N)=O. The van der Waals surface area contributed by atoms with Crippen molar-refractivity contribution in [3.63, 3.8) is 0 Å². The molecule has 0 aromatic heterocycles. The molecule has 1 aromatic rings. The minimum absolute atomic E-state index is 0.141. The van der Waals surface area contributed by atoms with E-state index in [9.17, 15) is 19.3 Å². The summed E-state index contributed by atoms with van der Waals surface area (Å²) in [6.07, 6.45) is -0.141. The first-order valence-corrected chi connectivity index (χ1v) is 4.63. The van der Waals surface area contributed by atoms with E-state index < -0.39 is 22.3 Å². The summed E-state index contributed by atoms with van der Waals surface area (Å²) in [7, 11) is 0. The topological polar surface area (TPSA) is 86.2 Å². The van der Waals surface area contributed by atoms with Crippen molar-refractivity contribution in [1.82, 2.24) is 0 Å². The van der Waals surface area contributed by atoms with Crippen molar-refractivity contribution >= 4 is 11.6 Å². The third kappa shape index (κ3) is 3.28. The lowest BCUT2D eigenvalue weighted by Gasteiger charge is -1.99. The number of nitro benzene ring substituents is 1. The number of nitrogens with zero attached hydrogens (tertiary/aromatic N) is 1. The molecule has 0 saturated carbocycles. The van der Waals surface area contributed by atoms with Gasteiger partial charge in [-0.1, -0.05) is 11.8 Å². The standard InChI is InChI=1S/C11H9FN2O3/c1-7-5-10(14(16)17)9(12)6-8(7)3-2-4-11(13)15/h5-6H,4H2,1H3,(H2,13,15). The Labute approximate surface area is 96.6 Å². The lowest BCUT2D eigenvalue weighted by Crippen LogP contribution is -2.08. The van der Waals surface area contributed by atoms with Crippen LogP contribution in [0.25, 0.3) is 0 Å². The Bertz CT molecular complexity index is 544. The first-order chi connectivity index (χ1) is 7.91. The second-order valence-corrected chi connectivity index (χ2v) is 3.32. The van der Waals surface area contributed by atoms with Gasteiger partial charge in [-0.3, -0.25) is 14.9 Å². The Kier molecular flexibility index (Phi) is 3.78. The number of carbonyl (C=O) groups excluding carboxylic acids is 1. The molecule has 0 fully saturated rings. The lowest BCUT2D eigenvalue weighted by molar-refractivity contribution is -0.387. The highest BCUT2D eigenvalue weighted by Gasteiger charge is 2.15. The molecule has 0 aliphatic rings. The van der Waals surface area contributed by atoms with E-state index in [-0.39, 0.29) is 6.42 Å². The van der Waals surface area contributed by atoms with Gasteiger partial charge in [0, 0.05) is 11.6 Å². The van der Waals surface area contributed by atoms with Gasteiger partial charge in [0.05, 0.1) is 11.3 Å². The zero-order valence-electron chi connectivity index (χ0n) is 8.99. The molecule has 88 valence electrons. The van der Waals surface area contributed by atoms with Crippen molar-refractivity contribution in [2.45, 2.75) is 13.3 Å². The average molecular weight is 236 g/mol. The van der Waals surface area contributed by atoms with E-state index in [2.05, 4.69) is 11.8 Å². The molecule has 0 heterocycles. The minimum atomic E-state index is -0.955.